The molecule has 0 heteroatoms. The van der Waals surface area contributed by atoms with Gasteiger partial charge in [-0.25, -0.2) is 0 Å². The molecular formula is C12H24. The van der Waals surface area contributed by atoms with E-state index in [1.807, 2.05) is 0 Å². The molecule has 0 aromatic heterocycles. The normalized spacial score (nSPS) is 33.0. The van der Waals surface area contributed by atoms with Gasteiger partial charge < -0.3 is 0 Å². The van der Waals surface area contributed by atoms with Crippen molar-refractivity contribution in [3.05, 3.63) is 0 Å². The van der Waals surface area contributed by atoms with E-state index in [1.54, 1.807) is 0 Å². The summed E-state index contributed by atoms with van der Waals surface area (Å²) in [6, 6.07) is 0. The summed E-state index contributed by atoms with van der Waals surface area (Å²) in [5.74, 6) is 4.12. The molecular weight excluding hydrogens is 144 g/mol. The lowest BCUT2D eigenvalue weighted by Gasteiger charge is -2.22. The van der Waals surface area contributed by atoms with Crippen LogP contribution in [0.2, 0.25) is 0 Å². The average Bonchev–Trinajstić information content (AvgIpc) is 2.77. The minimum atomic E-state index is 0.958. The van der Waals surface area contributed by atoms with Crippen LogP contribution < -0.4 is 0 Å². The lowest BCUT2D eigenvalue weighted by molar-refractivity contribution is 0.278. The van der Waals surface area contributed by atoms with E-state index in [1.165, 1.54) is 25.7 Å². The van der Waals surface area contributed by atoms with E-state index in [0.29, 0.717) is 0 Å². The Morgan fingerprint density at radius 1 is 1.33 bits per heavy atom. The standard InChI is InChI=1S/C12H24/c1-5-7-11(9(3)6-2)12-8-10(12)4/h9-12H,5-8H2,1-4H3. The third kappa shape index (κ3) is 2.24. The fraction of sp³-hybridized carbons (Fsp3) is 1.00. The molecule has 0 aromatic rings. The second kappa shape index (κ2) is 4.30. The molecule has 0 spiro atoms. The molecule has 1 rings (SSSR count). The molecule has 12 heavy (non-hydrogen) atoms. The summed E-state index contributed by atoms with van der Waals surface area (Å²) in [4.78, 5) is 0. The Morgan fingerprint density at radius 2 is 1.92 bits per heavy atom. The van der Waals surface area contributed by atoms with Crippen LogP contribution in [0.5, 0.6) is 0 Å². The first kappa shape index (κ1) is 10.1. The van der Waals surface area contributed by atoms with Crippen molar-refractivity contribution in [3.8, 4) is 0 Å². The Hall–Kier alpha value is 0. The van der Waals surface area contributed by atoms with Gasteiger partial charge in [0.15, 0.2) is 0 Å². The molecule has 0 bridgehead atoms. The van der Waals surface area contributed by atoms with Crippen LogP contribution in [0, 0.1) is 23.7 Å². The molecule has 1 fully saturated rings. The first-order valence-corrected chi connectivity index (χ1v) is 5.70. The summed E-state index contributed by atoms with van der Waals surface area (Å²) in [5.41, 5.74) is 0. The molecule has 0 radical (unpaired) electrons. The third-order valence-corrected chi connectivity index (χ3v) is 3.72. The van der Waals surface area contributed by atoms with Gasteiger partial charge in [0.1, 0.15) is 0 Å². The fourth-order valence-electron chi connectivity index (χ4n) is 2.50. The van der Waals surface area contributed by atoms with Gasteiger partial charge in [0, 0.05) is 0 Å². The Labute approximate surface area is 77.7 Å². The summed E-state index contributed by atoms with van der Waals surface area (Å²) in [5, 5.41) is 0. The molecule has 0 nitrogen and oxygen atoms in total. The van der Waals surface area contributed by atoms with E-state index < -0.39 is 0 Å². The summed E-state index contributed by atoms with van der Waals surface area (Å²) in [7, 11) is 0. The SMILES string of the molecule is CCCC(C(C)CC)C1CC1C. The van der Waals surface area contributed by atoms with Crippen molar-refractivity contribution in [1.82, 2.24) is 0 Å². The second-order valence-electron chi connectivity index (χ2n) is 4.71. The quantitative estimate of drug-likeness (QED) is 0.579. The summed E-state index contributed by atoms with van der Waals surface area (Å²) >= 11 is 0. The molecule has 1 saturated carbocycles. The zero-order chi connectivity index (χ0) is 9.14. The highest BCUT2D eigenvalue weighted by Crippen LogP contribution is 2.48. The maximum Gasteiger partial charge on any atom is -0.0355 e. The van der Waals surface area contributed by atoms with E-state index in [4.69, 9.17) is 0 Å². The molecule has 72 valence electrons. The predicted octanol–water partition coefficient (Wildman–Crippen LogP) is 4.10. The monoisotopic (exact) mass is 168 g/mol. The van der Waals surface area contributed by atoms with Crippen LogP contribution in [0.1, 0.15) is 53.4 Å². The van der Waals surface area contributed by atoms with Gasteiger partial charge in [-0.3, -0.25) is 0 Å². The van der Waals surface area contributed by atoms with Gasteiger partial charge in [-0.15, -0.1) is 0 Å². The van der Waals surface area contributed by atoms with Gasteiger partial charge in [0.2, 0.25) is 0 Å². The Morgan fingerprint density at radius 3 is 2.25 bits per heavy atom. The molecule has 4 atom stereocenters. The predicted molar refractivity (Wildman–Crippen MR) is 55.1 cm³/mol. The molecule has 0 N–H and O–H groups in total. The molecule has 0 saturated heterocycles. The van der Waals surface area contributed by atoms with Crippen LogP contribution >= 0.6 is 0 Å². The van der Waals surface area contributed by atoms with Crippen molar-refractivity contribution >= 4 is 0 Å². The average molecular weight is 168 g/mol. The lowest BCUT2D eigenvalue weighted by atomic mass is 9.83. The lowest BCUT2D eigenvalue weighted by Crippen LogP contribution is -2.13. The van der Waals surface area contributed by atoms with Gasteiger partial charge >= 0.3 is 0 Å². The molecule has 1 aliphatic rings. The molecule has 4 unspecified atom stereocenters. The summed E-state index contributed by atoms with van der Waals surface area (Å²) in [6.45, 7) is 9.50. The third-order valence-electron chi connectivity index (χ3n) is 3.72. The van der Waals surface area contributed by atoms with Crippen molar-refractivity contribution in [2.75, 3.05) is 0 Å². The Kier molecular flexibility index (Phi) is 3.61. The van der Waals surface area contributed by atoms with E-state index in [-0.39, 0.29) is 0 Å². The van der Waals surface area contributed by atoms with Crippen LogP contribution in [0.4, 0.5) is 0 Å². The summed E-state index contributed by atoms with van der Waals surface area (Å²) in [6.07, 6.45) is 5.71. The van der Waals surface area contributed by atoms with Crippen LogP contribution in [0.3, 0.4) is 0 Å². The van der Waals surface area contributed by atoms with E-state index in [9.17, 15) is 0 Å². The smallest absolute Gasteiger partial charge is 0.0355 e. The first-order valence-electron chi connectivity index (χ1n) is 5.70. The van der Waals surface area contributed by atoms with Crippen molar-refractivity contribution in [2.45, 2.75) is 53.4 Å². The van der Waals surface area contributed by atoms with Crippen molar-refractivity contribution in [3.63, 3.8) is 0 Å². The molecule has 1 aliphatic carbocycles. The highest BCUT2D eigenvalue weighted by molar-refractivity contribution is 4.89. The Bertz CT molecular complexity index is 124. The van der Waals surface area contributed by atoms with Crippen LogP contribution in [-0.2, 0) is 0 Å². The van der Waals surface area contributed by atoms with Crippen molar-refractivity contribution in [2.24, 2.45) is 23.7 Å². The van der Waals surface area contributed by atoms with Crippen molar-refractivity contribution < 1.29 is 0 Å². The number of rotatable bonds is 5. The van der Waals surface area contributed by atoms with Gasteiger partial charge in [-0.1, -0.05) is 47.0 Å². The van der Waals surface area contributed by atoms with E-state index in [0.717, 1.165) is 23.7 Å². The zero-order valence-corrected chi connectivity index (χ0v) is 9.14. The molecule has 0 heterocycles. The van der Waals surface area contributed by atoms with Gasteiger partial charge in [0.25, 0.3) is 0 Å². The molecule has 0 aromatic carbocycles. The molecule has 0 amide bonds. The van der Waals surface area contributed by atoms with Gasteiger partial charge in [0.05, 0.1) is 0 Å². The second-order valence-corrected chi connectivity index (χ2v) is 4.71. The minimum Gasteiger partial charge on any atom is -0.0654 e. The van der Waals surface area contributed by atoms with Crippen LogP contribution in [0.15, 0.2) is 0 Å². The zero-order valence-electron chi connectivity index (χ0n) is 9.14. The van der Waals surface area contributed by atoms with Crippen LogP contribution in [-0.4, -0.2) is 0 Å². The topological polar surface area (TPSA) is 0 Å². The number of hydrogen-bond donors (Lipinski definition) is 0. The number of hydrogen-bond acceptors (Lipinski definition) is 0. The molecule has 0 aliphatic heterocycles. The van der Waals surface area contributed by atoms with Crippen LogP contribution in [0.25, 0.3) is 0 Å². The first-order chi connectivity index (χ1) is 5.70. The minimum absolute atomic E-state index is 0.958. The largest absolute Gasteiger partial charge is 0.0654 e. The highest BCUT2D eigenvalue weighted by atomic mass is 14.5. The Balaban J connectivity index is 2.38. The maximum absolute atomic E-state index is 2.44. The van der Waals surface area contributed by atoms with Gasteiger partial charge in [-0.2, -0.15) is 0 Å². The van der Waals surface area contributed by atoms with Crippen molar-refractivity contribution in [1.29, 1.82) is 0 Å². The fourth-order valence-corrected chi connectivity index (χ4v) is 2.50. The van der Waals surface area contributed by atoms with E-state index in [2.05, 4.69) is 27.7 Å². The van der Waals surface area contributed by atoms with Gasteiger partial charge in [-0.05, 0) is 30.1 Å². The highest BCUT2D eigenvalue weighted by Gasteiger charge is 2.40. The summed E-state index contributed by atoms with van der Waals surface area (Å²) < 4.78 is 0. The maximum atomic E-state index is 2.44. The van der Waals surface area contributed by atoms with E-state index >= 15 is 0 Å².